The van der Waals surface area contributed by atoms with Gasteiger partial charge in [0.05, 0.1) is 6.10 Å². The largest absolute Gasteiger partial charge is 0.387 e. The number of aliphatic hydroxyl groups is 1. The number of aliphatic hydroxyl groups excluding tert-OH is 1. The van der Waals surface area contributed by atoms with Crippen LogP contribution in [0.3, 0.4) is 0 Å². The number of rotatable bonds is 7. The third kappa shape index (κ3) is 5.13. The maximum Gasteiger partial charge on any atom is 0.180 e. The van der Waals surface area contributed by atoms with E-state index in [0.29, 0.717) is 18.2 Å². The van der Waals surface area contributed by atoms with Gasteiger partial charge in [0, 0.05) is 30.7 Å². The molecule has 0 saturated carbocycles. The van der Waals surface area contributed by atoms with E-state index in [0.717, 1.165) is 22.5 Å². The molecule has 130 valence electrons. The van der Waals surface area contributed by atoms with Gasteiger partial charge in [-0.15, -0.1) is 11.3 Å². The number of hydrogen-bond donors (Lipinski definition) is 2. The number of aromatic nitrogens is 1. The summed E-state index contributed by atoms with van der Waals surface area (Å²) in [6.45, 7) is 4.07. The molecule has 0 radical (unpaired) electrons. The minimum atomic E-state index is -0.533. The molecule has 1 aromatic heterocycles. The Labute approximate surface area is 152 Å². The first-order valence-electron chi connectivity index (χ1n) is 8.31. The first-order valence-corrected chi connectivity index (χ1v) is 9.13. The van der Waals surface area contributed by atoms with Crippen molar-refractivity contribution in [2.75, 3.05) is 12.3 Å². The molecule has 4 nitrogen and oxygen atoms in total. The highest BCUT2D eigenvalue weighted by molar-refractivity contribution is 7.15. The summed E-state index contributed by atoms with van der Waals surface area (Å²) < 4.78 is 0. The monoisotopic (exact) mass is 353 g/mol. The fourth-order valence-electron chi connectivity index (χ4n) is 2.87. The van der Waals surface area contributed by atoms with Crippen molar-refractivity contribution in [3.8, 4) is 0 Å². The molecule has 0 spiro atoms. The van der Waals surface area contributed by atoms with Crippen molar-refractivity contribution in [2.24, 2.45) is 0 Å². The smallest absolute Gasteiger partial charge is 0.180 e. The summed E-state index contributed by atoms with van der Waals surface area (Å²) in [5, 5.41) is 11.3. The van der Waals surface area contributed by atoms with Gasteiger partial charge in [-0.3, -0.25) is 4.90 Å². The Hall–Kier alpha value is -2.21. The van der Waals surface area contributed by atoms with Crippen molar-refractivity contribution >= 4 is 16.5 Å². The quantitative estimate of drug-likeness (QED) is 0.679. The Morgan fingerprint density at radius 1 is 1.12 bits per heavy atom. The number of anilines is 1. The third-order valence-electron chi connectivity index (χ3n) is 4.06. The first kappa shape index (κ1) is 17.6. The van der Waals surface area contributed by atoms with Gasteiger partial charge >= 0.3 is 0 Å². The van der Waals surface area contributed by atoms with Crippen LogP contribution in [0.2, 0.25) is 0 Å². The second-order valence-electron chi connectivity index (χ2n) is 6.25. The van der Waals surface area contributed by atoms with Crippen LogP contribution >= 0.6 is 11.3 Å². The van der Waals surface area contributed by atoms with E-state index in [-0.39, 0.29) is 0 Å². The number of thiazole rings is 1. The Morgan fingerprint density at radius 2 is 1.92 bits per heavy atom. The number of benzene rings is 2. The molecule has 1 heterocycles. The lowest BCUT2D eigenvalue weighted by atomic mass is 10.1. The fraction of sp³-hybridized carbons (Fsp3) is 0.250. The molecule has 0 aliphatic carbocycles. The lowest BCUT2D eigenvalue weighted by molar-refractivity contribution is 0.105. The zero-order chi connectivity index (χ0) is 17.6. The van der Waals surface area contributed by atoms with Crippen LogP contribution in [0, 0.1) is 6.92 Å². The molecule has 0 amide bonds. The lowest BCUT2D eigenvalue weighted by Crippen LogP contribution is -2.27. The summed E-state index contributed by atoms with van der Waals surface area (Å²) >= 11 is 1.50. The van der Waals surface area contributed by atoms with E-state index in [9.17, 15) is 5.11 Å². The van der Waals surface area contributed by atoms with Crippen molar-refractivity contribution in [2.45, 2.75) is 26.1 Å². The zero-order valence-electron chi connectivity index (χ0n) is 14.3. The summed E-state index contributed by atoms with van der Waals surface area (Å²) in [5.74, 6) is 0. The molecule has 3 aromatic rings. The SMILES string of the molecule is Cc1cccc(C(O)CN(Cc2ccccc2)Cc2cnc(N)s2)c1. The van der Waals surface area contributed by atoms with Crippen LogP contribution < -0.4 is 5.73 Å². The Balaban J connectivity index is 1.75. The second-order valence-corrected chi connectivity index (χ2v) is 7.40. The lowest BCUT2D eigenvalue weighted by Gasteiger charge is -2.25. The Kier molecular flexibility index (Phi) is 5.81. The standard InChI is InChI=1S/C20H23N3OS/c1-15-6-5-9-17(10-15)19(24)14-23(12-16-7-3-2-4-8-16)13-18-11-22-20(21)25-18/h2-11,19,24H,12-14H2,1H3,(H2,21,22). The van der Waals surface area contributed by atoms with Crippen LogP contribution in [0.25, 0.3) is 0 Å². The maximum absolute atomic E-state index is 10.7. The summed E-state index contributed by atoms with van der Waals surface area (Å²) in [7, 11) is 0. The van der Waals surface area contributed by atoms with Gasteiger partial charge in [-0.05, 0) is 18.1 Å². The average molecular weight is 353 g/mol. The van der Waals surface area contributed by atoms with Gasteiger partial charge in [0.1, 0.15) is 0 Å². The van der Waals surface area contributed by atoms with E-state index >= 15 is 0 Å². The molecular formula is C20H23N3OS. The minimum Gasteiger partial charge on any atom is -0.387 e. The Morgan fingerprint density at radius 3 is 2.60 bits per heavy atom. The van der Waals surface area contributed by atoms with Gasteiger partial charge in [-0.2, -0.15) is 0 Å². The molecule has 5 heteroatoms. The number of nitrogens with zero attached hydrogens (tertiary/aromatic N) is 2. The molecule has 0 saturated heterocycles. The second kappa shape index (κ2) is 8.25. The van der Waals surface area contributed by atoms with Crippen molar-refractivity contribution in [3.05, 3.63) is 82.4 Å². The summed E-state index contributed by atoms with van der Waals surface area (Å²) in [4.78, 5) is 7.47. The van der Waals surface area contributed by atoms with E-state index in [1.807, 2.05) is 55.6 Å². The van der Waals surface area contributed by atoms with Crippen molar-refractivity contribution in [1.29, 1.82) is 0 Å². The maximum atomic E-state index is 10.7. The molecule has 0 aliphatic rings. The van der Waals surface area contributed by atoms with Gasteiger partial charge in [0.15, 0.2) is 5.13 Å². The van der Waals surface area contributed by atoms with Crippen molar-refractivity contribution in [1.82, 2.24) is 9.88 Å². The topological polar surface area (TPSA) is 62.4 Å². The number of aryl methyl sites for hydroxylation is 1. The summed E-state index contributed by atoms with van der Waals surface area (Å²) in [5.41, 5.74) is 9.07. The molecule has 2 aromatic carbocycles. The van der Waals surface area contributed by atoms with Crippen LogP contribution in [-0.2, 0) is 13.1 Å². The van der Waals surface area contributed by atoms with E-state index in [1.165, 1.54) is 16.9 Å². The molecule has 25 heavy (non-hydrogen) atoms. The van der Waals surface area contributed by atoms with E-state index in [4.69, 9.17) is 5.73 Å². The van der Waals surface area contributed by atoms with Crippen LogP contribution in [0.15, 0.2) is 60.8 Å². The predicted molar refractivity (Wildman–Crippen MR) is 103 cm³/mol. The van der Waals surface area contributed by atoms with Crippen molar-refractivity contribution in [3.63, 3.8) is 0 Å². The number of nitrogens with two attached hydrogens (primary N) is 1. The van der Waals surface area contributed by atoms with E-state index < -0.39 is 6.10 Å². The molecule has 0 fully saturated rings. The van der Waals surface area contributed by atoms with Crippen LogP contribution in [0.1, 0.15) is 27.7 Å². The normalized spacial score (nSPS) is 12.4. The highest BCUT2D eigenvalue weighted by Gasteiger charge is 2.16. The van der Waals surface area contributed by atoms with Gasteiger partial charge in [0.2, 0.25) is 0 Å². The summed E-state index contributed by atoms with van der Waals surface area (Å²) in [6, 6.07) is 18.3. The molecule has 3 rings (SSSR count). The van der Waals surface area contributed by atoms with Crippen LogP contribution in [0.4, 0.5) is 5.13 Å². The number of hydrogen-bond acceptors (Lipinski definition) is 5. The van der Waals surface area contributed by atoms with Gasteiger partial charge in [0.25, 0.3) is 0 Å². The fourth-order valence-corrected chi connectivity index (χ4v) is 3.60. The van der Waals surface area contributed by atoms with Gasteiger partial charge < -0.3 is 10.8 Å². The van der Waals surface area contributed by atoms with E-state index in [1.54, 1.807) is 0 Å². The average Bonchev–Trinajstić information content (AvgIpc) is 3.00. The number of nitrogen functional groups attached to an aromatic ring is 1. The molecule has 3 N–H and O–H groups in total. The third-order valence-corrected chi connectivity index (χ3v) is 4.87. The minimum absolute atomic E-state index is 0.533. The van der Waals surface area contributed by atoms with Crippen molar-refractivity contribution < 1.29 is 5.11 Å². The highest BCUT2D eigenvalue weighted by Crippen LogP contribution is 2.21. The van der Waals surface area contributed by atoms with Crippen LogP contribution in [-0.4, -0.2) is 21.5 Å². The Bertz CT molecular complexity index is 803. The first-order chi connectivity index (χ1) is 12.1. The zero-order valence-corrected chi connectivity index (χ0v) is 15.1. The van der Waals surface area contributed by atoms with Gasteiger partial charge in [-0.1, -0.05) is 60.2 Å². The van der Waals surface area contributed by atoms with Crippen LogP contribution in [0.5, 0.6) is 0 Å². The summed E-state index contributed by atoms with van der Waals surface area (Å²) in [6.07, 6.45) is 1.28. The van der Waals surface area contributed by atoms with Gasteiger partial charge in [-0.25, -0.2) is 4.98 Å². The highest BCUT2D eigenvalue weighted by atomic mass is 32.1. The van der Waals surface area contributed by atoms with E-state index in [2.05, 4.69) is 22.0 Å². The molecule has 0 aliphatic heterocycles. The molecular weight excluding hydrogens is 330 g/mol. The predicted octanol–water partition coefficient (Wildman–Crippen LogP) is 3.77. The molecule has 1 unspecified atom stereocenters. The molecule has 1 atom stereocenters. The molecule has 0 bridgehead atoms.